The van der Waals surface area contributed by atoms with Gasteiger partial charge in [-0.2, -0.15) is 0 Å². The number of nitrogens with zero attached hydrogens (tertiary/aromatic N) is 2. The van der Waals surface area contributed by atoms with Crippen LogP contribution in [0.4, 0.5) is 0 Å². The molecule has 2 heterocycles. The monoisotopic (exact) mass is 273 g/mol. The number of carbonyl (C=O) groups is 2. The van der Waals surface area contributed by atoms with Crippen molar-refractivity contribution in [1.29, 1.82) is 0 Å². The maximum atomic E-state index is 12.3. The van der Waals surface area contributed by atoms with Crippen molar-refractivity contribution in [3.05, 3.63) is 35.4 Å². The smallest absolute Gasteiger partial charge is 0.254 e. The van der Waals surface area contributed by atoms with Crippen LogP contribution in [0, 0.1) is 0 Å². The Kier molecular flexibility index (Phi) is 3.44. The second-order valence-corrected chi connectivity index (χ2v) is 5.22. The van der Waals surface area contributed by atoms with E-state index in [0.29, 0.717) is 26.2 Å². The van der Waals surface area contributed by atoms with Gasteiger partial charge < -0.3 is 15.1 Å². The fourth-order valence-electron chi connectivity index (χ4n) is 3.00. The summed E-state index contributed by atoms with van der Waals surface area (Å²) in [7, 11) is 0. The Morgan fingerprint density at radius 2 is 2.15 bits per heavy atom. The van der Waals surface area contributed by atoms with Crippen molar-refractivity contribution in [2.75, 3.05) is 32.7 Å². The van der Waals surface area contributed by atoms with Crippen LogP contribution in [0.1, 0.15) is 28.9 Å². The number of hydrogen-bond donors (Lipinski definition) is 1. The predicted octanol–water partition coefficient (Wildman–Crippen LogP) is 0.635. The zero-order chi connectivity index (χ0) is 14.1. The summed E-state index contributed by atoms with van der Waals surface area (Å²) in [5.41, 5.74) is 1.84. The Balaban J connectivity index is 1.77. The highest BCUT2D eigenvalue weighted by Gasteiger charge is 2.40. The Hall–Kier alpha value is -1.88. The Morgan fingerprint density at radius 1 is 1.35 bits per heavy atom. The lowest BCUT2D eigenvalue weighted by molar-refractivity contribution is -0.132. The van der Waals surface area contributed by atoms with Gasteiger partial charge in [0.15, 0.2) is 0 Å². The van der Waals surface area contributed by atoms with Crippen LogP contribution in [0.25, 0.3) is 0 Å². The van der Waals surface area contributed by atoms with Gasteiger partial charge in [-0.25, -0.2) is 0 Å². The van der Waals surface area contributed by atoms with Crippen LogP contribution in [0.5, 0.6) is 0 Å². The molecule has 106 valence electrons. The van der Waals surface area contributed by atoms with Crippen LogP contribution in [0.3, 0.4) is 0 Å². The van der Waals surface area contributed by atoms with E-state index in [1.165, 1.54) is 0 Å². The van der Waals surface area contributed by atoms with Crippen molar-refractivity contribution in [3.8, 4) is 0 Å². The number of nitrogens with one attached hydrogen (secondary N) is 1. The lowest BCUT2D eigenvalue weighted by Crippen LogP contribution is -2.51. The number of amides is 2. The minimum atomic E-state index is 0.0260. The molecule has 2 aliphatic rings. The van der Waals surface area contributed by atoms with E-state index >= 15 is 0 Å². The van der Waals surface area contributed by atoms with Crippen LogP contribution in [-0.2, 0) is 4.79 Å². The molecule has 0 bridgehead atoms. The van der Waals surface area contributed by atoms with Gasteiger partial charge in [0.25, 0.3) is 5.91 Å². The molecule has 1 atom stereocenters. The number of fused-ring (bicyclic) bond motifs is 3. The molecule has 1 saturated heterocycles. The average molecular weight is 273 g/mol. The van der Waals surface area contributed by atoms with E-state index in [0.717, 1.165) is 17.7 Å². The van der Waals surface area contributed by atoms with E-state index in [1.807, 2.05) is 41.0 Å². The molecular weight excluding hydrogens is 254 g/mol. The third kappa shape index (κ3) is 2.08. The molecule has 3 rings (SSSR count). The van der Waals surface area contributed by atoms with Crippen LogP contribution in [0.15, 0.2) is 24.3 Å². The zero-order valence-corrected chi connectivity index (χ0v) is 11.6. The molecule has 5 nitrogen and oxygen atoms in total. The number of likely N-dealkylation sites (N-methyl/N-ethyl adjacent to an activating group) is 1. The minimum absolute atomic E-state index is 0.0260. The first-order chi connectivity index (χ1) is 9.72. The quantitative estimate of drug-likeness (QED) is 0.879. The summed E-state index contributed by atoms with van der Waals surface area (Å²) in [6.45, 7) is 5.00. The molecule has 20 heavy (non-hydrogen) atoms. The van der Waals surface area contributed by atoms with E-state index in [9.17, 15) is 9.59 Å². The van der Waals surface area contributed by atoms with Gasteiger partial charge in [-0.05, 0) is 18.2 Å². The van der Waals surface area contributed by atoms with Crippen LogP contribution < -0.4 is 5.32 Å². The van der Waals surface area contributed by atoms with Crippen LogP contribution in [0.2, 0.25) is 0 Å². The van der Waals surface area contributed by atoms with Crippen molar-refractivity contribution < 1.29 is 9.59 Å². The summed E-state index contributed by atoms with van der Waals surface area (Å²) in [5, 5.41) is 3.06. The van der Waals surface area contributed by atoms with Crippen molar-refractivity contribution in [2.24, 2.45) is 0 Å². The van der Waals surface area contributed by atoms with E-state index in [1.54, 1.807) is 0 Å². The first-order valence-electron chi connectivity index (χ1n) is 7.10. The van der Waals surface area contributed by atoms with Crippen LogP contribution in [-0.4, -0.2) is 54.3 Å². The van der Waals surface area contributed by atoms with Crippen molar-refractivity contribution in [3.63, 3.8) is 0 Å². The van der Waals surface area contributed by atoms with Gasteiger partial charge in [0.1, 0.15) is 0 Å². The van der Waals surface area contributed by atoms with E-state index in [-0.39, 0.29) is 17.9 Å². The molecule has 2 aliphatic heterocycles. The van der Waals surface area contributed by atoms with Crippen molar-refractivity contribution in [2.45, 2.75) is 13.0 Å². The largest absolute Gasteiger partial charge is 0.337 e. The maximum absolute atomic E-state index is 12.3. The lowest BCUT2D eigenvalue weighted by atomic mass is 10.0. The summed E-state index contributed by atoms with van der Waals surface area (Å²) in [4.78, 5) is 28.1. The Morgan fingerprint density at radius 3 is 2.95 bits per heavy atom. The fraction of sp³-hybridized carbons (Fsp3) is 0.467. The van der Waals surface area contributed by atoms with Gasteiger partial charge in [0.05, 0.1) is 12.6 Å². The lowest BCUT2D eigenvalue weighted by Gasteiger charge is -2.37. The standard InChI is InChI=1S/C15H19N3O2/c1-2-16-9-14(19)17-7-8-18-13(10-17)11-5-3-4-6-12(11)15(18)20/h3-6,13,16H,2,7-10H2,1H3. The average Bonchev–Trinajstić information content (AvgIpc) is 2.78. The van der Waals surface area contributed by atoms with Gasteiger partial charge in [-0.15, -0.1) is 0 Å². The highest BCUT2D eigenvalue weighted by molar-refractivity contribution is 5.99. The topological polar surface area (TPSA) is 52.7 Å². The van der Waals surface area contributed by atoms with Crippen LogP contribution >= 0.6 is 0 Å². The molecule has 1 aromatic rings. The molecule has 0 spiro atoms. The molecule has 1 unspecified atom stereocenters. The SMILES string of the molecule is CCNCC(=O)N1CCN2C(=O)c3ccccc3C2C1. The number of carbonyl (C=O) groups excluding carboxylic acids is 2. The first-order valence-corrected chi connectivity index (χ1v) is 7.10. The molecule has 0 aromatic heterocycles. The normalized spacial score (nSPS) is 20.9. The Bertz CT molecular complexity index is 544. The van der Waals surface area contributed by atoms with E-state index in [2.05, 4.69) is 5.32 Å². The van der Waals surface area contributed by atoms with Gasteiger partial charge in [0, 0.05) is 25.2 Å². The molecule has 0 saturated carbocycles. The Labute approximate surface area is 118 Å². The minimum Gasteiger partial charge on any atom is -0.337 e. The zero-order valence-electron chi connectivity index (χ0n) is 11.6. The summed E-state index contributed by atoms with van der Waals surface area (Å²) in [6.07, 6.45) is 0. The van der Waals surface area contributed by atoms with E-state index < -0.39 is 0 Å². The maximum Gasteiger partial charge on any atom is 0.254 e. The second kappa shape index (κ2) is 5.25. The number of hydrogen-bond acceptors (Lipinski definition) is 3. The number of benzene rings is 1. The molecule has 1 aromatic carbocycles. The third-order valence-electron chi connectivity index (χ3n) is 4.07. The highest BCUT2D eigenvalue weighted by Crippen LogP contribution is 2.35. The second-order valence-electron chi connectivity index (χ2n) is 5.22. The van der Waals surface area contributed by atoms with Gasteiger partial charge in [-0.1, -0.05) is 25.1 Å². The first kappa shape index (κ1) is 13.1. The predicted molar refractivity (Wildman–Crippen MR) is 75.3 cm³/mol. The van der Waals surface area contributed by atoms with E-state index in [4.69, 9.17) is 0 Å². The van der Waals surface area contributed by atoms with Crippen molar-refractivity contribution in [1.82, 2.24) is 15.1 Å². The number of piperazine rings is 1. The molecule has 5 heteroatoms. The third-order valence-corrected chi connectivity index (χ3v) is 4.07. The fourth-order valence-corrected chi connectivity index (χ4v) is 3.00. The number of rotatable bonds is 3. The summed E-state index contributed by atoms with van der Waals surface area (Å²) >= 11 is 0. The highest BCUT2D eigenvalue weighted by atomic mass is 16.2. The molecule has 1 fully saturated rings. The summed E-state index contributed by atoms with van der Waals surface area (Å²) < 4.78 is 0. The molecule has 0 aliphatic carbocycles. The molecule has 2 amide bonds. The molecule has 0 radical (unpaired) electrons. The van der Waals surface area contributed by atoms with Gasteiger partial charge in [0.2, 0.25) is 5.91 Å². The molecule has 1 N–H and O–H groups in total. The molecular formula is C15H19N3O2. The summed E-state index contributed by atoms with van der Waals surface area (Å²) in [5.74, 6) is 0.215. The van der Waals surface area contributed by atoms with Crippen molar-refractivity contribution >= 4 is 11.8 Å². The summed E-state index contributed by atoms with van der Waals surface area (Å²) in [6, 6.07) is 7.74. The van der Waals surface area contributed by atoms with Gasteiger partial charge >= 0.3 is 0 Å². The van der Waals surface area contributed by atoms with Gasteiger partial charge in [-0.3, -0.25) is 9.59 Å².